The molecule has 0 spiro atoms. The fourth-order valence-corrected chi connectivity index (χ4v) is 2.50. The van der Waals surface area contributed by atoms with Crippen LogP contribution < -0.4 is 0 Å². The molecular weight excluding hydrogens is 275 g/mol. The molecule has 0 saturated carbocycles. The lowest BCUT2D eigenvalue weighted by Gasteiger charge is -2.09. The Kier molecular flexibility index (Phi) is 3.85. The highest BCUT2D eigenvalue weighted by atomic mass is 35.5. The minimum Gasteiger partial charge on any atom is -0.505 e. The minimum absolute atomic E-state index is 0.0373. The van der Waals surface area contributed by atoms with Gasteiger partial charge in [0.25, 0.3) is 10.1 Å². The SMILES string of the molecule is C=CCc1c(Cl)cc(S(=O)(=O)O)c(O)c1Cl. The Morgan fingerprint density at radius 3 is 2.44 bits per heavy atom. The van der Waals surface area contributed by atoms with E-state index in [-0.39, 0.29) is 16.5 Å². The van der Waals surface area contributed by atoms with Gasteiger partial charge in [-0.15, -0.1) is 6.58 Å². The van der Waals surface area contributed by atoms with Crippen LogP contribution in [0.15, 0.2) is 23.6 Å². The van der Waals surface area contributed by atoms with Gasteiger partial charge < -0.3 is 5.11 Å². The summed E-state index contributed by atoms with van der Waals surface area (Å²) in [6.45, 7) is 3.47. The lowest BCUT2D eigenvalue weighted by atomic mass is 10.1. The van der Waals surface area contributed by atoms with Crippen LogP contribution in [0.5, 0.6) is 5.75 Å². The van der Waals surface area contributed by atoms with Gasteiger partial charge in [-0.2, -0.15) is 8.42 Å². The molecule has 0 heterocycles. The standard InChI is InChI=1S/C9H8Cl2O4S/c1-2-3-5-6(10)4-7(16(13,14)15)9(12)8(5)11/h2,4,12H,1,3H2,(H,13,14,15). The molecule has 0 aliphatic heterocycles. The van der Waals surface area contributed by atoms with E-state index in [1.165, 1.54) is 6.08 Å². The zero-order chi connectivity index (χ0) is 12.5. The molecule has 88 valence electrons. The molecule has 0 aliphatic carbocycles. The predicted octanol–water partition coefficient (Wildman–Crippen LogP) is 2.67. The first-order valence-corrected chi connectivity index (χ1v) is 6.26. The van der Waals surface area contributed by atoms with Gasteiger partial charge in [-0.1, -0.05) is 29.3 Å². The van der Waals surface area contributed by atoms with E-state index in [0.717, 1.165) is 6.07 Å². The summed E-state index contributed by atoms with van der Waals surface area (Å²) in [6, 6.07) is 0.941. The molecule has 0 bridgehead atoms. The summed E-state index contributed by atoms with van der Waals surface area (Å²) < 4.78 is 30.6. The summed E-state index contributed by atoms with van der Waals surface area (Å²) in [4.78, 5) is -0.713. The van der Waals surface area contributed by atoms with Gasteiger partial charge in [0.05, 0.1) is 5.02 Å². The second-order valence-corrected chi connectivity index (χ2v) is 5.14. The number of benzene rings is 1. The van der Waals surface area contributed by atoms with Crippen LogP contribution in [0.1, 0.15) is 5.56 Å². The molecule has 2 N–H and O–H groups in total. The number of aromatic hydroxyl groups is 1. The Hall–Kier alpha value is -0.750. The summed E-state index contributed by atoms with van der Waals surface area (Å²) in [6.07, 6.45) is 1.77. The Balaban J connectivity index is 3.57. The van der Waals surface area contributed by atoms with Gasteiger partial charge in [0.2, 0.25) is 0 Å². The van der Waals surface area contributed by atoms with Crippen molar-refractivity contribution in [3.05, 3.63) is 34.3 Å². The fraction of sp³-hybridized carbons (Fsp3) is 0.111. The molecule has 0 radical (unpaired) electrons. The topological polar surface area (TPSA) is 74.6 Å². The lowest BCUT2D eigenvalue weighted by Crippen LogP contribution is -2.00. The van der Waals surface area contributed by atoms with Crippen molar-refractivity contribution in [3.8, 4) is 5.75 Å². The van der Waals surface area contributed by atoms with Crippen LogP contribution in [0.25, 0.3) is 0 Å². The van der Waals surface area contributed by atoms with Gasteiger partial charge >= 0.3 is 0 Å². The number of halogens is 2. The van der Waals surface area contributed by atoms with E-state index in [9.17, 15) is 13.5 Å². The first kappa shape index (κ1) is 13.3. The molecule has 0 aliphatic rings. The van der Waals surface area contributed by atoms with Crippen LogP contribution in [0.4, 0.5) is 0 Å². The van der Waals surface area contributed by atoms with Crippen molar-refractivity contribution >= 4 is 33.3 Å². The van der Waals surface area contributed by atoms with E-state index in [1.54, 1.807) is 0 Å². The summed E-state index contributed by atoms with van der Waals surface area (Å²) in [7, 11) is -4.55. The first-order valence-electron chi connectivity index (χ1n) is 4.07. The van der Waals surface area contributed by atoms with E-state index >= 15 is 0 Å². The van der Waals surface area contributed by atoms with E-state index in [2.05, 4.69) is 6.58 Å². The smallest absolute Gasteiger partial charge is 0.298 e. The van der Waals surface area contributed by atoms with Crippen molar-refractivity contribution < 1.29 is 18.1 Å². The second-order valence-electron chi connectivity index (χ2n) is 2.97. The molecule has 7 heteroatoms. The average molecular weight is 283 g/mol. The van der Waals surface area contributed by atoms with Crippen molar-refractivity contribution in [2.24, 2.45) is 0 Å². The van der Waals surface area contributed by atoms with Crippen LogP contribution in [0.2, 0.25) is 10.0 Å². The quantitative estimate of drug-likeness (QED) is 0.660. The van der Waals surface area contributed by atoms with Gasteiger partial charge in [0, 0.05) is 5.02 Å². The van der Waals surface area contributed by atoms with Crippen molar-refractivity contribution in [2.45, 2.75) is 11.3 Å². The van der Waals surface area contributed by atoms with Crippen molar-refractivity contribution in [3.63, 3.8) is 0 Å². The zero-order valence-corrected chi connectivity index (χ0v) is 10.3. The highest BCUT2D eigenvalue weighted by Crippen LogP contribution is 2.38. The third-order valence-electron chi connectivity index (χ3n) is 1.88. The third-order valence-corrected chi connectivity index (χ3v) is 3.49. The van der Waals surface area contributed by atoms with Gasteiger partial charge in [-0.25, -0.2) is 0 Å². The maximum absolute atomic E-state index is 10.9. The van der Waals surface area contributed by atoms with Gasteiger partial charge in [-0.3, -0.25) is 4.55 Å². The molecule has 0 fully saturated rings. The monoisotopic (exact) mass is 282 g/mol. The zero-order valence-electron chi connectivity index (χ0n) is 7.94. The fourth-order valence-electron chi connectivity index (χ4n) is 1.15. The predicted molar refractivity (Wildman–Crippen MR) is 61.8 cm³/mol. The van der Waals surface area contributed by atoms with E-state index in [4.69, 9.17) is 27.8 Å². The van der Waals surface area contributed by atoms with Crippen molar-refractivity contribution in [1.82, 2.24) is 0 Å². The molecule has 4 nitrogen and oxygen atoms in total. The summed E-state index contributed by atoms with van der Waals surface area (Å²) >= 11 is 11.5. The van der Waals surface area contributed by atoms with Crippen LogP contribution in [0.3, 0.4) is 0 Å². The summed E-state index contributed by atoms with van der Waals surface area (Å²) in [5.74, 6) is -0.717. The van der Waals surface area contributed by atoms with Gasteiger partial charge in [-0.05, 0) is 18.1 Å². The largest absolute Gasteiger partial charge is 0.505 e. The first-order chi connectivity index (χ1) is 7.29. The van der Waals surface area contributed by atoms with Gasteiger partial charge in [0.1, 0.15) is 4.90 Å². The number of hydrogen-bond acceptors (Lipinski definition) is 3. The van der Waals surface area contributed by atoms with Gasteiger partial charge in [0.15, 0.2) is 5.75 Å². The Morgan fingerprint density at radius 1 is 1.44 bits per heavy atom. The van der Waals surface area contributed by atoms with E-state index < -0.39 is 20.8 Å². The molecule has 0 amide bonds. The molecule has 1 rings (SSSR count). The highest BCUT2D eigenvalue weighted by molar-refractivity contribution is 7.86. The number of rotatable bonds is 3. The molecule has 0 aromatic heterocycles. The molecule has 1 aromatic rings. The molecule has 0 atom stereocenters. The van der Waals surface area contributed by atoms with Crippen LogP contribution in [-0.4, -0.2) is 18.1 Å². The molecule has 1 aromatic carbocycles. The number of hydrogen-bond donors (Lipinski definition) is 2. The van der Waals surface area contributed by atoms with Crippen molar-refractivity contribution in [1.29, 1.82) is 0 Å². The van der Waals surface area contributed by atoms with Crippen LogP contribution >= 0.6 is 23.2 Å². The summed E-state index contributed by atoms with van der Waals surface area (Å²) in [5.41, 5.74) is 0.350. The van der Waals surface area contributed by atoms with Crippen LogP contribution in [-0.2, 0) is 16.5 Å². The Bertz CT molecular complexity index is 537. The Labute approximate surface area is 103 Å². The molecule has 0 unspecified atom stereocenters. The lowest BCUT2D eigenvalue weighted by molar-refractivity contribution is 0.443. The number of phenols is 1. The third kappa shape index (κ3) is 2.49. The van der Waals surface area contributed by atoms with Crippen LogP contribution in [0, 0.1) is 0 Å². The van der Waals surface area contributed by atoms with E-state index in [1.807, 2.05) is 0 Å². The number of phenolic OH excluding ortho intramolecular Hbond substituents is 1. The molecule has 16 heavy (non-hydrogen) atoms. The van der Waals surface area contributed by atoms with Crippen molar-refractivity contribution in [2.75, 3.05) is 0 Å². The maximum Gasteiger partial charge on any atom is 0.298 e. The molecule has 0 saturated heterocycles. The Morgan fingerprint density at radius 2 is 2.00 bits per heavy atom. The summed E-state index contributed by atoms with van der Waals surface area (Å²) in [5, 5.41) is 9.33. The highest BCUT2D eigenvalue weighted by Gasteiger charge is 2.22. The molecular formula is C9H8Cl2O4S. The number of allylic oxidation sites excluding steroid dienone is 1. The normalized spacial score (nSPS) is 11.4. The minimum atomic E-state index is -4.55. The van der Waals surface area contributed by atoms with E-state index in [0.29, 0.717) is 5.56 Å². The average Bonchev–Trinajstić information content (AvgIpc) is 2.16. The second kappa shape index (κ2) is 4.63. The maximum atomic E-state index is 10.9.